The van der Waals surface area contributed by atoms with Crippen molar-refractivity contribution in [1.29, 1.82) is 0 Å². The Morgan fingerprint density at radius 1 is 0.857 bits per heavy atom. The van der Waals surface area contributed by atoms with Crippen LogP contribution in [0.15, 0.2) is 0 Å². The van der Waals surface area contributed by atoms with Crippen molar-refractivity contribution in [3.63, 3.8) is 0 Å². The molecule has 0 saturated heterocycles. The summed E-state index contributed by atoms with van der Waals surface area (Å²) in [6, 6.07) is -4.15. The highest BCUT2D eigenvalue weighted by Gasteiger charge is 2.30. The molecule has 0 heterocycles. The molecule has 0 fully saturated rings. The lowest BCUT2D eigenvalue weighted by atomic mass is 10.0. The summed E-state index contributed by atoms with van der Waals surface area (Å²) in [5.41, 5.74) is 16.5. The van der Waals surface area contributed by atoms with E-state index in [1.165, 1.54) is 11.8 Å². The van der Waals surface area contributed by atoms with E-state index in [0.29, 0.717) is 31.6 Å². The zero-order valence-electron chi connectivity index (χ0n) is 20.9. The third-order valence-electron chi connectivity index (χ3n) is 5.18. The zero-order chi connectivity index (χ0) is 27.0. The molecule has 0 saturated carbocycles. The average Bonchev–Trinajstić information content (AvgIpc) is 2.78. The first kappa shape index (κ1) is 32.6. The number of rotatable bonds is 19. The first-order valence-corrected chi connectivity index (χ1v) is 13.2. The molecule has 202 valence electrons. The zero-order valence-corrected chi connectivity index (χ0v) is 21.7. The number of amides is 4. The summed E-state index contributed by atoms with van der Waals surface area (Å²) in [6.07, 6.45) is 3.61. The molecule has 0 aliphatic heterocycles. The minimum atomic E-state index is -1.18. The molecule has 0 aliphatic rings. The number of nitrogens with two attached hydrogens (primary N) is 3. The monoisotopic (exact) mass is 518 g/mol. The van der Waals surface area contributed by atoms with Gasteiger partial charge < -0.3 is 38.3 Å². The number of carbonyl (C=O) groups excluding carboxylic acids is 4. The van der Waals surface area contributed by atoms with E-state index in [1.807, 2.05) is 20.1 Å². The van der Waals surface area contributed by atoms with Gasteiger partial charge in [-0.15, -0.1) is 0 Å². The molecule has 0 rings (SSSR count). The van der Waals surface area contributed by atoms with E-state index < -0.39 is 53.8 Å². The summed E-state index contributed by atoms with van der Waals surface area (Å²) in [6.45, 7) is 4.10. The highest BCUT2D eigenvalue weighted by atomic mass is 32.2. The molecule has 4 amide bonds. The van der Waals surface area contributed by atoms with E-state index in [4.69, 9.17) is 17.2 Å². The first-order valence-electron chi connectivity index (χ1n) is 11.8. The van der Waals surface area contributed by atoms with E-state index in [0.717, 1.165) is 0 Å². The molecule has 0 aromatic carbocycles. The van der Waals surface area contributed by atoms with Crippen molar-refractivity contribution >= 4 is 41.4 Å². The third kappa shape index (κ3) is 14.6. The van der Waals surface area contributed by atoms with Crippen LogP contribution in [0.3, 0.4) is 0 Å². The topological polar surface area (TPSA) is 220 Å². The van der Waals surface area contributed by atoms with Gasteiger partial charge in [0.2, 0.25) is 23.6 Å². The third-order valence-corrected chi connectivity index (χ3v) is 5.83. The number of carboxylic acids is 1. The summed E-state index contributed by atoms with van der Waals surface area (Å²) >= 11 is 1.52. The second-order valence-electron chi connectivity index (χ2n) is 8.83. The molecule has 10 N–H and O–H groups in total. The Labute approximate surface area is 211 Å². The van der Waals surface area contributed by atoms with Crippen molar-refractivity contribution < 1.29 is 29.1 Å². The number of hydrogen-bond acceptors (Lipinski definition) is 8. The minimum absolute atomic E-state index is 0.00908. The fraction of sp³-hybridized carbons (Fsp3) is 0.773. The van der Waals surface area contributed by atoms with Crippen LogP contribution >= 0.6 is 11.8 Å². The van der Waals surface area contributed by atoms with Gasteiger partial charge in [0.05, 0.1) is 6.04 Å². The van der Waals surface area contributed by atoms with Crippen LogP contribution in [0.5, 0.6) is 0 Å². The molecule has 0 aromatic rings. The Balaban J connectivity index is 5.47. The summed E-state index contributed by atoms with van der Waals surface area (Å²) in [4.78, 5) is 61.2. The van der Waals surface area contributed by atoms with Gasteiger partial charge in [0, 0.05) is 6.42 Å². The summed E-state index contributed by atoms with van der Waals surface area (Å²) < 4.78 is 0. The molecule has 4 atom stereocenters. The number of aliphatic carboxylic acids is 1. The maximum Gasteiger partial charge on any atom is 0.326 e. The maximum atomic E-state index is 13.0. The molecule has 0 radical (unpaired) electrons. The van der Waals surface area contributed by atoms with Crippen LogP contribution in [-0.2, 0) is 24.0 Å². The number of carbonyl (C=O) groups is 5. The molecule has 0 bridgehead atoms. The van der Waals surface area contributed by atoms with Crippen molar-refractivity contribution in [1.82, 2.24) is 16.0 Å². The molecule has 12 nitrogen and oxygen atoms in total. The van der Waals surface area contributed by atoms with Crippen molar-refractivity contribution in [2.75, 3.05) is 18.6 Å². The molecule has 4 unspecified atom stereocenters. The number of primary amides is 1. The van der Waals surface area contributed by atoms with Gasteiger partial charge in [0.25, 0.3) is 0 Å². The van der Waals surface area contributed by atoms with Crippen molar-refractivity contribution in [3.05, 3.63) is 0 Å². The molecule has 0 spiro atoms. The Hall–Kier alpha value is -2.38. The number of thioether (sulfide) groups is 1. The van der Waals surface area contributed by atoms with Gasteiger partial charge in [-0.3, -0.25) is 19.2 Å². The quantitative estimate of drug-likeness (QED) is 0.105. The number of unbranched alkanes of at least 4 members (excludes halogenated alkanes) is 1. The highest BCUT2D eigenvalue weighted by Crippen LogP contribution is 2.09. The smallest absolute Gasteiger partial charge is 0.326 e. The standard InChI is InChI=1S/C22H42N6O6S/c1-13(2)12-17(21(32)27-16(22(33)34)6-4-5-10-23)28-20(31)15(7-8-18(25)29)26-19(30)14(24)9-11-35-3/h13-17H,4-12,23-24H2,1-3H3,(H2,25,29)(H,26,30)(H,27,32)(H,28,31)(H,33,34). The molecule has 35 heavy (non-hydrogen) atoms. The van der Waals surface area contributed by atoms with E-state index in [9.17, 15) is 29.1 Å². The lowest BCUT2D eigenvalue weighted by Crippen LogP contribution is -2.57. The van der Waals surface area contributed by atoms with Gasteiger partial charge >= 0.3 is 5.97 Å². The van der Waals surface area contributed by atoms with Gasteiger partial charge in [0.15, 0.2) is 0 Å². The van der Waals surface area contributed by atoms with E-state index in [2.05, 4.69) is 16.0 Å². The summed E-state index contributed by atoms with van der Waals surface area (Å²) in [5, 5.41) is 17.1. The number of hydrogen-bond donors (Lipinski definition) is 7. The predicted molar refractivity (Wildman–Crippen MR) is 135 cm³/mol. The van der Waals surface area contributed by atoms with Crippen LogP contribution in [-0.4, -0.2) is 77.4 Å². The lowest BCUT2D eigenvalue weighted by Gasteiger charge is -2.26. The Morgan fingerprint density at radius 2 is 1.43 bits per heavy atom. The Kier molecular flexibility index (Phi) is 16.7. The van der Waals surface area contributed by atoms with Crippen LogP contribution in [0, 0.1) is 5.92 Å². The van der Waals surface area contributed by atoms with Gasteiger partial charge in [-0.05, 0) is 63.0 Å². The lowest BCUT2D eigenvalue weighted by molar-refractivity contribution is -0.142. The second-order valence-corrected chi connectivity index (χ2v) is 9.81. The Morgan fingerprint density at radius 3 is 1.94 bits per heavy atom. The molecule has 0 aliphatic carbocycles. The van der Waals surface area contributed by atoms with Crippen LogP contribution in [0.25, 0.3) is 0 Å². The van der Waals surface area contributed by atoms with Crippen molar-refractivity contribution in [3.8, 4) is 0 Å². The Bertz CT molecular complexity index is 708. The van der Waals surface area contributed by atoms with E-state index in [1.54, 1.807) is 0 Å². The first-order chi connectivity index (χ1) is 16.4. The van der Waals surface area contributed by atoms with E-state index >= 15 is 0 Å². The number of carboxylic acid groups (broad SMARTS) is 1. The van der Waals surface area contributed by atoms with Gasteiger partial charge in [0.1, 0.15) is 18.1 Å². The van der Waals surface area contributed by atoms with Gasteiger partial charge in [-0.1, -0.05) is 13.8 Å². The van der Waals surface area contributed by atoms with Crippen LogP contribution in [0.1, 0.15) is 58.8 Å². The normalized spacial score (nSPS) is 14.5. The van der Waals surface area contributed by atoms with Crippen LogP contribution < -0.4 is 33.2 Å². The number of nitrogens with one attached hydrogen (secondary N) is 3. The van der Waals surface area contributed by atoms with Crippen LogP contribution in [0.4, 0.5) is 0 Å². The largest absolute Gasteiger partial charge is 0.480 e. The highest BCUT2D eigenvalue weighted by molar-refractivity contribution is 7.98. The fourth-order valence-corrected chi connectivity index (χ4v) is 3.70. The van der Waals surface area contributed by atoms with Crippen LogP contribution in [0.2, 0.25) is 0 Å². The predicted octanol–water partition coefficient (Wildman–Crippen LogP) is -0.954. The average molecular weight is 519 g/mol. The molecule has 0 aromatic heterocycles. The fourth-order valence-electron chi connectivity index (χ4n) is 3.21. The van der Waals surface area contributed by atoms with Gasteiger partial charge in [-0.25, -0.2) is 4.79 Å². The molecular formula is C22H42N6O6S. The summed E-state index contributed by atoms with van der Waals surface area (Å²) in [5.74, 6) is -3.09. The van der Waals surface area contributed by atoms with Crippen molar-refractivity contribution in [2.24, 2.45) is 23.1 Å². The molecule has 13 heteroatoms. The second kappa shape index (κ2) is 18.0. The van der Waals surface area contributed by atoms with E-state index in [-0.39, 0.29) is 31.6 Å². The SMILES string of the molecule is CSCCC(N)C(=O)NC(CCC(N)=O)C(=O)NC(CC(C)C)C(=O)NC(CCCCN)C(=O)O. The summed E-state index contributed by atoms with van der Waals surface area (Å²) in [7, 11) is 0. The van der Waals surface area contributed by atoms with Crippen molar-refractivity contribution in [2.45, 2.75) is 83.0 Å². The van der Waals surface area contributed by atoms with Gasteiger partial charge in [-0.2, -0.15) is 11.8 Å². The minimum Gasteiger partial charge on any atom is -0.480 e. The molecular weight excluding hydrogens is 476 g/mol. The maximum absolute atomic E-state index is 13.0.